The third kappa shape index (κ3) is 16.2. The second kappa shape index (κ2) is 23.9. The Labute approximate surface area is 340 Å². The molecule has 0 unspecified atom stereocenters. The Balaban J connectivity index is 2.25. The molecule has 2 aromatic carbocycles. The van der Waals surface area contributed by atoms with Gasteiger partial charge in [-0.05, 0) is 50.2 Å². The zero-order chi connectivity index (χ0) is 43.5. The van der Waals surface area contributed by atoms with Gasteiger partial charge in [-0.2, -0.15) is 0 Å². The van der Waals surface area contributed by atoms with E-state index in [2.05, 4.69) is 37.2 Å². The number of carboxylic acid groups (broad SMARTS) is 1. The highest BCUT2D eigenvalue weighted by atomic mass is 16.4. The minimum Gasteiger partial charge on any atom is -0.477 e. The van der Waals surface area contributed by atoms with Gasteiger partial charge in [-0.1, -0.05) is 101 Å². The normalized spacial score (nSPS) is 14.4. The summed E-state index contributed by atoms with van der Waals surface area (Å²) in [4.78, 5) is 104. The molecule has 0 saturated carbocycles. The van der Waals surface area contributed by atoms with Crippen molar-refractivity contribution in [2.24, 2.45) is 11.8 Å². The minimum absolute atomic E-state index is 0.0338. The first kappa shape index (κ1) is 48.1. The van der Waals surface area contributed by atoms with E-state index in [1.54, 1.807) is 51.1 Å². The van der Waals surface area contributed by atoms with E-state index in [1.807, 2.05) is 44.2 Å². The molecule has 0 aliphatic carbocycles. The first-order valence-electron chi connectivity index (χ1n) is 19.5. The van der Waals surface area contributed by atoms with Crippen molar-refractivity contribution in [2.75, 3.05) is 0 Å². The van der Waals surface area contributed by atoms with Crippen LogP contribution in [0, 0.1) is 11.8 Å². The summed E-state index contributed by atoms with van der Waals surface area (Å²) in [6, 6.07) is 11.3. The van der Waals surface area contributed by atoms with Gasteiger partial charge >= 0.3 is 5.97 Å². The van der Waals surface area contributed by atoms with Crippen LogP contribution in [0.1, 0.15) is 79.4 Å². The smallest absolute Gasteiger partial charge is 0.352 e. The van der Waals surface area contributed by atoms with Crippen molar-refractivity contribution in [1.82, 2.24) is 37.2 Å². The lowest BCUT2D eigenvalue weighted by atomic mass is 9.99. The van der Waals surface area contributed by atoms with Crippen molar-refractivity contribution in [3.8, 4) is 0 Å². The number of carbonyl (C=O) groups excluding carboxylic acids is 7. The summed E-state index contributed by atoms with van der Waals surface area (Å²) in [6.07, 6.45) is 1.78. The summed E-state index contributed by atoms with van der Waals surface area (Å²) in [7, 11) is 0. The fourth-order valence-corrected chi connectivity index (χ4v) is 5.71. The number of allylic oxidation sites excluding steroid dienone is 1. The van der Waals surface area contributed by atoms with E-state index in [1.165, 1.54) is 26.8 Å². The molecule has 0 aromatic heterocycles. The lowest BCUT2D eigenvalue weighted by Crippen LogP contribution is -2.60. The quantitative estimate of drug-likeness (QED) is 0.0806. The van der Waals surface area contributed by atoms with Crippen LogP contribution in [0.4, 0.5) is 0 Å². The number of nitrogens with one attached hydrogen (secondary N) is 7. The Bertz CT molecular complexity index is 1770. The van der Waals surface area contributed by atoms with E-state index in [0.717, 1.165) is 5.56 Å². The predicted octanol–water partition coefficient (Wildman–Crippen LogP) is 1.64. The van der Waals surface area contributed by atoms with Crippen LogP contribution in [0.3, 0.4) is 0 Å². The zero-order valence-electron chi connectivity index (χ0n) is 34.5. The molecule has 0 aliphatic heterocycles. The van der Waals surface area contributed by atoms with Gasteiger partial charge in [0.2, 0.25) is 41.4 Å². The largest absolute Gasteiger partial charge is 0.477 e. The van der Waals surface area contributed by atoms with Gasteiger partial charge < -0.3 is 42.3 Å². The summed E-state index contributed by atoms with van der Waals surface area (Å²) >= 11 is 0. The Morgan fingerprint density at radius 2 is 1.02 bits per heavy atom. The van der Waals surface area contributed by atoms with Crippen LogP contribution in [-0.4, -0.2) is 88.7 Å². The number of carbonyl (C=O) groups is 8. The summed E-state index contributed by atoms with van der Waals surface area (Å²) in [5.41, 5.74) is 1.14. The van der Waals surface area contributed by atoms with Crippen LogP contribution in [0.2, 0.25) is 0 Å². The molecule has 316 valence electrons. The van der Waals surface area contributed by atoms with Gasteiger partial charge in [0.15, 0.2) is 0 Å². The molecule has 0 aliphatic rings. The number of amides is 7. The summed E-state index contributed by atoms with van der Waals surface area (Å²) in [5.74, 6) is -6.35. The van der Waals surface area contributed by atoms with E-state index in [0.29, 0.717) is 5.56 Å². The van der Waals surface area contributed by atoms with Crippen molar-refractivity contribution in [1.29, 1.82) is 0 Å². The maximum Gasteiger partial charge on any atom is 0.352 e. The van der Waals surface area contributed by atoms with Crippen molar-refractivity contribution in [3.63, 3.8) is 0 Å². The minimum atomic E-state index is -1.35. The highest BCUT2D eigenvalue weighted by Crippen LogP contribution is 2.11. The average molecular weight is 806 g/mol. The first-order valence-corrected chi connectivity index (χ1v) is 19.5. The SMILES string of the molecule is C/C=C(\NC(=O)[C@H](C)NC(=O)[C@@H](NC(=O)[C@H](C)NC(=O)[C@H](Cc1ccccc1)NC(=O)[C@@H](CC(C)C)NC(=O)[C@@H](Cc1ccccc1)NC(=O)CC)C(C)C)C(=O)O. The molecule has 8 N–H and O–H groups in total. The average Bonchev–Trinajstić information content (AvgIpc) is 3.17. The third-order valence-electron chi connectivity index (χ3n) is 9.04. The number of carboxylic acids is 1. The lowest BCUT2D eigenvalue weighted by molar-refractivity contribution is -0.136. The highest BCUT2D eigenvalue weighted by Gasteiger charge is 2.33. The fraction of sp³-hybridized carbons (Fsp3) is 0.476. The molecule has 0 radical (unpaired) electrons. The highest BCUT2D eigenvalue weighted by molar-refractivity contribution is 5.98. The maximum absolute atomic E-state index is 14.0. The number of aliphatic carboxylic acids is 1. The molecule has 0 spiro atoms. The topological polar surface area (TPSA) is 241 Å². The number of hydrogen-bond donors (Lipinski definition) is 8. The molecule has 58 heavy (non-hydrogen) atoms. The van der Waals surface area contributed by atoms with Crippen LogP contribution in [0.15, 0.2) is 72.4 Å². The van der Waals surface area contributed by atoms with Crippen LogP contribution >= 0.6 is 0 Å². The van der Waals surface area contributed by atoms with Gasteiger partial charge in [-0.15, -0.1) is 0 Å². The third-order valence-corrected chi connectivity index (χ3v) is 9.04. The van der Waals surface area contributed by atoms with Gasteiger partial charge in [0.25, 0.3) is 0 Å². The van der Waals surface area contributed by atoms with Gasteiger partial charge in [-0.25, -0.2) is 4.79 Å². The number of rotatable bonds is 22. The van der Waals surface area contributed by atoms with Crippen LogP contribution in [0.5, 0.6) is 0 Å². The predicted molar refractivity (Wildman–Crippen MR) is 217 cm³/mol. The van der Waals surface area contributed by atoms with E-state index in [9.17, 15) is 43.5 Å². The second-order valence-electron chi connectivity index (χ2n) is 14.8. The molecule has 0 bridgehead atoms. The maximum atomic E-state index is 14.0. The Hall–Kier alpha value is -6.06. The summed E-state index contributed by atoms with van der Waals surface area (Å²) in [6.45, 7) is 12.9. The van der Waals surface area contributed by atoms with E-state index >= 15 is 0 Å². The summed E-state index contributed by atoms with van der Waals surface area (Å²) in [5, 5.41) is 27.4. The zero-order valence-corrected chi connectivity index (χ0v) is 34.5. The van der Waals surface area contributed by atoms with Crippen LogP contribution in [0.25, 0.3) is 0 Å². The Morgan fingerprint density at radius 3 is 1.48 bits per heavy atom. The van der Waals surface area contributed by atoms with Gasteiger partial charge in [0.1, 0.15) is 41.9 Å². The Morgan fingerprint density at radius 1 is 0.569 bits per heavy atom. The molecule has 16 nitrogen and oxygen atoms in total. The molecular weight excluding hydrogens is 747 g/mol. The van der Waals surface area contributed by atoms with E-state index in [4.69, 9.17) is 0 Å². The molecule has 0 fully saturated rings. The van der Waals surface area contributed by atoms with Gasteiger partial charge in [0, 0.05) is 19.3 Å². The second-order valence-corrected chi connectivity index (χ2v) is 14.8. The molecule has 7 amide bonds. The fourth-order valence-electron chi connectivity index (χ4n) is 5.71. The first-order chi connectivity index (χ1) is 27.4. The van der Waals surface area contributed by atoms with E-state index < -0.39 is 83.6 Å². The lowest BCUT2D eigenvalue weighted by Gasteiger charge is -2.28. The standard InChI is InChI=1S/C42H59N7O9/c1-9-30(42(57)58)46-36(51)26(7)44-41(56)35(25(5)6)49-37(52)27(8)43-38(53)33(23-29-19-15-12-16-20-29)48-39(54)31(21-24(3)4)47-40(55)32(45-34(50)10-2)22-28-17-13-11-14-18-28/h9,11-20,24-27,31-33,35H,10,21-23H2,1-8H3,(H,43,53)(H,44,56)(H,45,50)(H,46,51)(H,47,55)(H,48,54)(H,49,52)(H,57,58)/b30-9-/t26-,27-,31+,32+,33-,35-/m0/s1. The van der Waals surface area contributed by atoms with Crippen LogP contribution < -0.4 is 37.2 Å². The number of benzene rings is 2. The monoisotopic (exact) mass is 805 g/mol. The van der Waals surface area contributed by atoms with Crippen molar-refractivity contribution in [2.45, 2.75) is 117 Å². The van der Waals surface area contributed by atoms with Crippen molar-refractivity contribution < 1.29 is 43.5 Å². The summed E-state index contributed by atoms with van der Waals surface area (Å²) < 4.78 is 0. The number of hydrogen-bond acceptors (Lipinski definition) is 8. The molecule has 2 aromatic rings. The van der Waals surface area contributed by atoms with E-state index in [-0.39, 0.29) is 43.2 Å². The molecule has 16 heteroatoms. The van der Waals surface area contributed by atoms with Crippen molar-refractivity contribution in [3.05, 3.63) is 83.6 Å². The molecule has 2 rings (SSSR count). The molecular formula is C42H59N7O9. The Kier molecular flexibility index (Phi) is 19.8. The molecule has 6 atom stereocenters. The van der Waals surface area contributed by atoms with Crippen LogP contribution in [-0.2, 0) is 51.2 Å². The van der Waals surface area contributed by atoms with Gasteiger partial charge in [-0.3, -0.25) is 33.6 Å². The molecule has 0 saturated heterocycles. The van der Waals surface area contributed by atoms with Gasteiger partial charge in [0.05, 0.1) is 0 Å². The van der Waals surface area contributed by atoms with Crippen molar-refractivity contribution >= 4 is 47.3 Å². The molecule has 0 heterocycles.